The van der Waals surface area contributed by atoms with Gasteiger partial charge in [0.15, 0.2) is 10.2 Å². The normalized spacial score (nSPS) is 10.3. The average molecular weight is 371 g/mol. The monoisotopic (exact) mass is 370 g/mol. The van der Waals surface area contributed by atoms with Gasteiger partial charge in [0, 0.05) is 29.9 Å². The van der Waals surface area contributed by atoms with Crippen LogP contribution in [0.25, 0.3) is 11.3 Å². The first kappa shape index (κ1) is 17.3. The van der Waals surface area contributed by atoms with Crippen LogP contribution in [-0.2, 0) is 6.42 Å². The highest BCUT2D eigenvalue weighted by Gasteiger charge is 2.06. The third-order valence-electron chi connectivity index (χ3n) is 3.54. The Morgan fingerprint density at radius 2 is 2.08 bits per heavy atom. The van der Waals surface area contributed by atoms with Crippen LogP contribution in [0.2, 0.25) is 0 Å². The van der Waals surface area contributed by atoms with Crippen molar-refractivity contribution in [2.75, 3.05) is 19.0 Å². The van der Waals surface area contributed by atoms with Gasteiger partial charge in [0.25, 0.3) is 0 Å². The van der Waals surface area contributed by atoms with Gasteiger partial charge < -0.3 is 15.4 Å². The van der Waals surface area contributed by atoms with Gasteiger partial charge in [0.2, 0.25) is 0 Å². The van der Waals surface area contributed by atoms with Crippen LogP contribution in [0.5, 0.6) is 5.75 Å². The van der Waals surface area contributed by atoms with E-state index in [1.807, 2.05) is 29.6 Å². The number of thiocarbonyl (C=S) groups is 1. The zero-order valence-corrected chi connectivity index (χ0v) is 15.4. The fraction of sp³-hybridized carbons (Fsp3) is 0.167. The predicted molar refractivity (Wildman–Crippen MR) is 106 cm³/mol. The zero-order valence-electron chi connectivity index (χ0n) is 13.7. The topological polar surface area (TPSA) is 59.1 Å². The van der Waals surface area contributed by atoms with Crippen molar-refractivity contribution in [3.63, 3.8) is 0 Å². The maximum Gasteiger partial charge on any atom is 0.189 e. The third-order valence-corrected chi connectivity index (χ3v) is 4.54. The van der Waals surface area contributed by atoms with E-state index >= 15 is 0 Å². The van der Waals surface area contributed by atoms with Crippen LogP contribution in [0.1, 0.15) is 5.56 Å². The molecule has 0 spiro atoms. The van der Waals surface area contributed by atoms with E-state index in [0.29, 0.717) is 5.11 Å². The van der Waals surface area contributed by atoms with E-state index in [0.717, 1.165) is 35.1 Å². The molecule has 7 heteroatoms. The molecule has 25 heavy (non-hydrogen) atoms. The van der Waals surface area contributed by atoms with Crippen molar-refractivity contribution in [2.24, 2.45) is 0 Å². The number of nitrogens with one attached hydrogen (secondary N) is 2. The number of hydrogen-bond donors (Lipinski definition) is 2. The number of thiazole rings is 1. The summed E-state index contributed by atoms with van der Waals surface area (Å²) in [6.45, 7) is 0.749. The van der Waals surface area contributed by atoms with Crippen LogP contribution >= 0.6 is 23.6 Å². The van der Waals surface area contributed by atoms with Crippen LogP contribution in [0.4, 0.5) is 5.13 Å². The molecule has 0 atom stereocenters. The van der Waals surface area contributed by atoms with Gasteiger partial charge in [-0.25, -0.2) is 4.98 Å². The average Bonchev–Trinajstić information content (AvgIpc) is 3.11. The second kappa shape index (κ2) is 8.55. The van der Waals surface area contributed by atoms with Crippen molar-refractivity contribution in [3.8, 4) is 17.0 Å². The first-order chi connectivity index (χ1) is 12.2. The summed E-state index contributed by atoms with van der Waals surface area (Å²) in [5.41, 5.74) is 3.11. The van der Waals surface area contributed by atoms with Gasteiger partial charge in [-0.1, -0.05) is 12.1 Å². The maximum absolute atomic E-state index is 5.33. The fourth-order valence-corrected chi connectivity index (χ4v) is 3.22. The van der Waals surface area contributed by atoms with Crippen molar-refractivity contribution in [2.45, 2.75) is 6.42 Å². The maximum atomic E-state index is 5.33. The molecule has 1 aromatic carbocycles. The minimum atomic E-state index is 0.570. The number of nitrogens with zero attached hydrogens (tertiary/aromatic N) is 2. The second-order valence-corrected chi connectivity index (χ2v) is 6.52. The smallest absolute Gasteiger partial charge is 0.189 e. The van der Waals surface area contributed by atoms with E-state index < -0.39 is 0 Å². The SMILES string of the molecule is COc1ccc(CCNC(=S)Nc2nc(-c3cccnc3)cs2)cc1. The Morgan fingerprint density at radius 1 is 1.24 bits per heavy atom. The van der Waals surface area contributed by atoms with E-state index in [9.17, 15) is 0 Å². The molecule has 0 aliphatic carbocycles. The third kappa shape index (κ3) is 4.98. The summed E-state index contributed by atoms with van der Waals surface area (Å²) >= 11 is 6.84. The first-order valence-electron chi connectivity index (χ1n) is 7.78. The van der Waals surface area contributed by atoms with Crippen molar-refractivity contribution in [1.82, 2.24) is 15.3 Å². The van der Waals surface area contributed by atoms with Crippen molar-refractivity contribution >= 4 is 33.8 Å². The lowest BCUT2D eigenvalue weighted by Crippen LogP contribution is -2.30. The molecule has 0 bridgehead atoms. The Morgan fingerprint density at radius 3 is 2.80 bits per heavy atom. The minimum Gasteiger partial charge on any atom is -0.497 e. The molecule has 0 radical (unpaired) electrons. The molecule has 0 aliphatic heterocycles. The Labute approximate surface area is 156 Å². The number of rotatable bonds is 6. The molecule has 3 aromatic rings. The van der Waals surface area contributed by atoms with Crippen LogP contribution in [-0.4, -0.2) is 28.7 Å². The van der Waals surface area contributed by atoms with Crippen LogP contribution in [0, 0.1) is 0 Å². The molecule has 0 unspecified atom stereocenters. The molecule has 0 saturated heterocycles. The highest BCUT2D eigenvalue weighted by atomic mass is 32.1. The molecule has 128 valence electrons. The summed E-state index contributed by atoms with van der Waals surface area (Å²) < 4.78 is 5.16. The summed E-state index contributed by atoms with van der Waals surface area (Å²) in [4.78, 5) is 8.64. The van der Waals surface area contributed by atoms with E-state index in [1.54, 1.807) is 19.5 Å². The Balaban J connectivity index is 1.47. The first-order valence-corrected chi connectivity index (χ1v) is 9.07. The highest BCUT2D eigenvalue weighted by Crippen LogP contribution is 2.23. The summed E-state index contributed by atoms with van der Waals surface area (Å²) in [5.74, 6) is 0.863. The number of benzene rings is 1. The molecule has 3 rings (SSSR count). The highest BCUT2D eigenvalue weighted by molar-refractivity contribution is 7.80. The molecule has 2 aromatic heterocycles. The molecule has 0 amide bonds. The van der Waals surface area contributed by atoms with Crippen LogP contribution in [0.15, 0.2) is 54.2 Å². The van der Waals surface area contributed by atoms with E-state index in [4.69, 9.17) is 17.0 Å². The molecule has 5 nitrogen and oxygen atoms in total. The summed E-state index contributed by atoms with van der Waals surface area (Å²) in [6.07, 6.45) is 4.42. The minimum absolute atomic E-state index is 0.570. The van der Waals surface area contributed by atoms with Crippen LogP contribution < -0.4 is 15.4 Å². The lowest BCUT2D eigenvalue weighted by Gasteiger charge is -2.08. The largest absolute Gasteiger partial charge is 0.497 e. The Bertz CT molecular complexity index is 819. The number of ether oxygens (including phenoxy) is 1. The zero-order chi connectivity index (χ0) is 17.5. The Kier molecular flexibility index (Phi) is 5.92. The quantitative estimate of drug-likeness (QED) is 0.645. The lowest BCUT2D eigenvalue weighted by molar-refractivity contribution is 0.414. The lowest BCUT2D eigenvalue weighted by atomic mass is 10.1. The molecule has 0 fully saturated rings. The van der Waals surface area contributed by atoms with Gasteiger partial charge >= 0.3 is 0 Å². The predicted octanol–water partition coefficient (Wildman–Crippen LogP) is 3.74. The van der Waals surface area contributed by atoms with Crippen molar-refractivity contribution in [3.05, 3.63) is 59.7 Å². The Hall–Kier alpha value is -2.51. The van der Waals surface area contributed by atoms with Crippen molar-refractivity contribution in [1.29, 1.82) is 0 Å². The molecule has 0 aliphatic rings. The molecule has 2 heterocycles. The summed E-state index contributed by atoms with van der Waals surface area (Å²) in [6, 6.07) is 11.9. The van der Waals surface area contributed by atoms with Gasteiger partial charge in [-0.15, -0.1) is 11.3 Å². The van der Waals surface area contributed by atoms with Gasteiger partial charge in [0.05, 0.1) is 12.8 Å². The fourth-order valence-electron chi connectivity index (χ4n) is 2.23. The standard InChI is InChI=1S/C18H18N4OS2/c1-23-15-6-4-13(5-7-15)8-10-20-17(24)22-18-21-16(12-25-18)14-3-2-9-19-11-14/h2-7,9,11-12H,8,10H2,1H3,(H2,20,21,22,24). The van der Waals surface area contributed by atoms with Gasteiger partial charge in [-0.2, -0.15) is 0 Å². The number of pyridine rings is 1. The van der Waals surface area contributed by atoms with E-state index in [1.165, 1.54) is 16.9 Å². The summed E-state index contributed by atoms with van der Waals surface area (Å²) in [7, 11) is 1.67. The van der Waals surface area contributed by atoms with Gasteiger partial charge in [-0.3, -0.25) is 4.98 Å². The van der Waals surface area contributed by atoms with Crippen molar-refractivity contribution < 1.29 is 4.74 Å². The molecule has 0 saturated carbocycles. The number of hydrogen-bond acceptors (Lipinski definition) is 5. The van der Waals surface area contributed by atoms with Gasteiger partial charge in [-0.05, 0) is 48.5 Å². The molecule has 2 N–H and O–H groups in total. The van der Waals surface area contributed by atoms with E-state index in [2.05, 4.69) is 32.7 Å². The van der Waals surface area contributed by atoms with E-state index in [-0.39, 0.29) is 0 Å². The molecular formula is C18H18N4OS2. The number of aromatic nitrogens is 2. The van der Waals surface area contributed by atoms with Gasteiger partial charge in [0.1, 0.15) is 5.75 Å². The number of anilines is 1. The molecular weight excluding hydrogens is 352 g/mol. The second-order valence-electron chi connectivity index (χ2n) is 5.26. The number of methoxy groups -OCH3 is 1. The summed E-state index contributed by atoms with van der Waals surface area (Å²) in [5, 5.41) is 9.64. The van der Waals surface area contributed by atoms with Crippen LogP contribution in [0.3, 0.4) is 0 Å².